The summed E-state index contributed by atoms with van der Waals surface area (Å²) in [5, 5.41) is 7.25. The maximum Gasteiger partial charge on any atom is 0.453 e. The first-order valence-corrected chi connectivity index (χ1v) is 8.23. The molecule has 0 amide bonds. The molecule has 2 fully saturated rings. The van der Waals surface area contributed by atoms with E-state index < -0.39 is 12.0 Å². The van der Waals surface area contributed by atoms with Crippen LogP contribution in [0.4, 0.5) is 19.0 Å². The molecule has 1 aliphatic heterocycles. The molecule has 1 saturated heterocycles. The van der Waals surface area contributed by atoms with Crippen molar-refractivity contribution in [2.45, 2.75) is 50.9 Å². The Morgan fingerprint density at radius 2 is 1.75 bits per heavy atom. The molecule has 3 heterocycles. The zero-order valence-electron chi connectivity index (χ0n) is 13.3. The first kappa shape index (κ1) is 15.6. The molecule has 0 radical (unpaired) electrons. The molecule has 2 aromatic heterocycles. The van der Waals surface area contributed by atoms with E-state index >= 15 is 0 Å². The molecule has 24 heavy (non-hydrogen) atoms. The Labute approximate surface area is 137 Å². The monoisotopic (exact) mass is 340 g/mol. The lowest BCUT2D eigenvalue weighted by Gasteiger charge is -2.34. The van der Waals surface area contributed by atoms with Gasteiger partial charge in [-0.15, -0.1) is 5.10 Å². The van der Waals surface area contributed by atoms with Gasteiger partial charge in [-0.05, 0) is 32.6 Å². The Morgan fingerprint density at radius 3 is 2.38 bits per heavy atom. The molecular weight excluding hydrogens is 321 g/mol. The van der Waals surface area contributed by atoms with Crippen molar-refractivity contribution in [3.63, 3.8) is 0 Å². The number of aromatic nitrogens is 4. The highest BCUT2D eigenvalue weighted by Crippen LogP contribution is 2.29. The van der Waals surface area contributed by atoms with Gasteiger partial charge in [0.1, 0.15) is 5.82 Å². The predicted molar refractivity (Wildman–Crippen MR) is 81.9 cm³/mol. The number of hydrogen-bond acceptors (Lipinski definition) is 5. The van der Waals surface area contributed by atoms with Gasteiger partial charge >= 0.3 is 6.18 Å². The van der Waals surface area contributed by atoms with Gasteiger partial charge in [-0.1, -0.05) is 0 Å². The topological polar surface area (TPSA) is 58.4 Å². The van der Waals surface area contributed by atoms with Gasteiger partial charge in [0.25, 0.3) is 11.6 Å². The molecule has 2 aromatic rings. The molecule has 1 N–H and O–H groups in total. The summed E-state index contributed by atoms with van der Waals surface area (Å²) >= 11 is 0. The van der Waals surface area contributed by atoms with E-state index in [1.54, 1.807) is 13.0 Å². The smallest absolute Gasteiger partial charge is 0.356 e. The third-order valence-electron chi connectivity index (χ3n) is 4.54. The Balaban J connectivity index is 1.60. The summed E-state index contributed by atoms with van der Waals surface area (Å²) in [5.74, 6) is -0.520. The lowest BCUT2D eigenvalue weighted by Crippen LogP contribution is -2.43. The zero-order valence-corrected chi connectivity index (χ0v) is 13.3. The van der Waals surface area contributed by atoms with Crippen LogP contribution in [0, 0.1) is 6.92 Å². The fourth-order valence-corrected chi connectivity index (χ4v) is 3.17. The summed E-state index contributed by atoms with van der Waals surface area (Å²) in [5.41, 5.74) is 0.636. The molecule has 0 unspecified atom stereocenters. The third kappa shape index (κ3) is 3.04. The van der Waals surface area contributed by atoms with Crippen molar-refractivity contribution in [1.82, 2.24) is 24.9 Å². The molecule has 1 aliphatic carbocycles. The first-order valence-electron chi connectivity index (χ1n) is 8.23. The second-order valence-electron chi connectivity index (χ2n) is 6.60. The highest BCUT2D eigenvalue weighted by atomic mass is 19.4. The van der Waals surface area contributed by atoms with Gasteiger partial charge in [0.05, 0.1) is 0 Å². The lowest BCUT2D eigenvalue weighted by molar-refractivity contribution is -0.144. The van der Waals surface area contributed by atoms with Gasteiger partial charge in [0.2, 0.25) is 0 Å². The zero-order chi connectivity index (χ0) is 16.9. The molecule has 6 nitrogen and oxygen atoms in total. The van der Waals surface area contributed by atoms with E-state index in [2.05, 4.69) is 25.3 Å². The van der Waals surface area contributed by atoms with Crippen LogP contribution < -0.4 is 10.2 Å². The number of alkyl halides is 3. The van der Waals surface area contributed by atoms with Crippen molar-refractivity contribution >= 4 is 11.6 Å². The highest BCUT2D eigenvalue weighted by molar-refractivity contribution is 5.48. The Hall–Kier alpha value is -1.90. The SMILES string of the molecule is Cc1cc(N2CCC(NC3CC3)CC2)n2nc(C(F)(F)F)nc2n1. The molecule has 4 rings (SSSR count). The number of hydrogen-bond donors (Lipinski definition) is 1. The van der Waals surface area contributed by atoms with Crippen LogP contribution in [0.5, 0.6) is 0 Å². The minimum atomic E-state index is -4.57. The second kappa shape index (κ2) is 5.58. The van der Waals surface area contributed by atoms with Crippen LogP contribution in [-0.2, 0) is 6.18 Å². The number of piperidine rings is 1. The minimum Gasteiger partial charge on any atom is -0.356 e. The number of rotatable bonds is 3. The maximum atomic E-state index is 12.9. The molecule has 0 atom stereocenters. The maximum absolute atomic E-state index is 12.9. The van der Waals surface area contributed by atoms with E-state index in [0.29, 0.717) is 23.6 Å². The van der Waals surface area contributed by atoms with Crippen LogP contribution in [0.3, 0.4) is 0 Å². The summed E-state index contributed by atoms with van der Waals surface area (Å²) < 4.78 is 39.9. The van der Waals surface area contributed by atoms with E-state index in [1.165, 1.54) is 17.4 Å². The van der Waals surface area contributed by atoms with Crippen molar-refractivity contribution in [3.05, 3.63) is 17.6 Å². The standard InChI is InChI=1S/C15H19F3N6/c1-9-8-12(23-6-4-11(5-7-23)20-10-2-3-10)24-14(19-9)21-13(22-24)15(16,17)18/h8,10-11,20H,2-7H2,1H3. The molecule has 9 heteroatoms. The number of fused-ring (bicyclic) bond motifs is 1. The van der Waals surface area contributed by atoms with Crippen LogP contribution in [0.1, 0.15) is 37.2 Å². The summed E-state index contributed by atoms with van der Waals surface area (Å²) in [4.78, 5) is 9.69. The molecule has 0 bridgehead atoms. The average molecular weight is 340 g/mol. The van der Waals surface area contributed by atoms with Gasteiger partial charge in [0, 0.05) is 36.9 Å². The molecule has 2 aliphatic rings. The van der Waals surface area contributed by atoms with Gasteiger partial charge in [-0.3, -0.25) is 0 Å². The average Bonchev–Trinajstić information content (AvgIpc) is 3.22. The number of nitrogens with zero attached hydrogens (tertiary/aromatic N) is 5. The number of anilines is 1. The normalized spacial score (nSPS) is 20.1. The second-order valence-corrected chi connectivity index (χ2v) is 6.60. The summed E-state index contributed by atoms with van der Waals surface area (Å²) in [6, 6.07) is 2.94. The van der Waals surface area contributed by atoms with Crippen molar-refractivity contribution in [1.29, 1.82) is 0 Å². The van der Waals surface area contributed by atoms with Gasteiger partial charge in [-0.25, -0.2) is 4.98 Å². The van der Waals surface area contributed by atoms with E-state index in [4.69, 9.17) is 0 Å². The number of nitrogens with one attached hydrogen (secondary N) is 1. The summed E-state index contributed by atoms with van der Waals surface area (Å²) in [6.45, 7) is 3.32. The number of aryl methyl sites for hydroxylation is 1. The number of halogens is 3. The quantitative estimate of drug-likeness (QED) is 0.928. The molecule has 0 aromatic carbocycles. The van der Waals surface area contributed by atoms with Crippen molar-refractivity contribution < 1.29 is 13.2 Å². The lowest BCUT2D eigenvalue weighted by atomic mass is 10.0. The fourth-order valence-electron chi connectivity index (χ4n) is 3.17. The van der Waals surface area contributed by atoms with E-state index in [0.717, 1.165) is 25.9 Å². The Bertz CT molecular complexity index is 743. The molecule has 1 saturated carbocycles. The predicted octanol–water partition coefficient (Wildman–Crippen LogP) is 2.17. The molecular formula is C15H19F3N6. The van der Waals surface area contributed by atoms with E-state index in [9.17, 15) is 13.2 Å². The van der Waals surface area contributed by atoms with Crippen LogP contribution >= 0.6 is 0 Å². The van der Waals surface area contributed by atoms with Gasteiger partial charge in [0.15, 0.2) is 0 Å². The van der Waals surface area contributed by atoms with Gasteiger partial charge < -0.3 is 10.2 Å². The van der Waals surface area contributed by atoms with Gasteiger partial charge in [-0.2, -0.15) is 22.7 Å². The fraction of sp³-hybridized carbons (Fsp3) is 0.667. The van der Waals surface area contributed by atoms with Crippen molar-refractivity contribution in [2.24, 2.45) is 0 Å². The van der Waals surface area contributed by atoms with Crippen LogP contribution in [0.15, 0.2) is 6.07 Å². The minimum absolute atomic E-state index is 0.00412. The largest absolute Gasteiger partial charge is 0.453 e. The van der Waals surface area contributed by atoms with Crippen molar-refractivity contribution in [3.8, 4) is 0 Å². The van der Waals surface area contributed by atoms with E-state index in [1.807, 2.05) is 0 Å². The first-order chi connectivity index (χ1) is 11.4. The highest BCUT2D eigenvalue weighted by Gasteiger charge is 2.37. The van der Waals surface area contributed by atoms with E-state index in [-0.39, 0.29) is 5.78 Å². The molecule has 130 valence electrons. The van der Waals surface area contributed by atoms with Crippen LogP contribution in [-0.4, -0.2) is 44.8 Å². The third-order valence-corrected chi connectivity index (χ3v) is 4.54. The van der Waals surface area contributed by atoms with Crippen LogP contribution in [0.2, 0.25) is 0 Å². The Morgan fingerprint density at radius 1 is 1.08 bits per heavy atom. The summed E-state index contributed by atoms with van der Waals surface area (Å²) in [6.07, 6.45) is -0.118. The van der Waals surface area contributed by atoms with Crippen LogP contribution in [0.25, 0.3) is 5.78 Å². The molecule has 0 spiro atoms. The summed E-state index contributed by atoms with van der Waals surface area (Å²) in [7, 11) is 0. The Kier molecular flexibility index (Phi) is 3.63. The van der Waals surface area contributed by atoms with Crippen molar-refractivity contribution in [2.75, 3.05) is 18.0 Å².